The van der Waals surface area contributed by atoms with Crippen LogP contribution in [0.3, 0.4) is 0 Å². The van der Waals surface area contributed by atoms with E-state index in [1.165, 1.54) is 24.9 Å². The third-order valence-electron chi connectivity index (χ3n) is 3.99. The molecule has 3 rings (SSSR count). The molecule has 4 nitrogen and oxygen atoms in total. The lowest BCUT2D eigenvalue weighted by Gasteiger charge is -2.29. The summed E-state index contributed by atoms with van der Waals surface area (Å²) in [5.41, 5.74) is 2.12. The minimum Gasteiger partial charge on any atom is -0.391 e. The summed E-state index contributed by atoms with van der Waals surface area (Å²) in [6.45, 7) is 2.67. The molecule has 0 saturated carbocycles. The topological polar surface area (TPSA) is 43.8 Å². The van der Waals surface area contributed by atoms with Gasteiger partial charge in [0.2, 0.25) is 5.91 Å². The van der Waals surface area contributed by atoms with Crippen molar-refractivity contribution in [2.75, 3.05) is 29.4 Å². The standard InChI is InChI=1S/C15H20N2O2/c18-14-10-15(19)17(11-14)13-6-4-12(5-7-13)16-8-2-1-3-9-16/h4-7,14,18H,1-3,8-11H2. The third-order valence-corrected chi connectivity index (χ3v) is 3.99. The molecule has 4 heteroatoms. The van der Waals surface area contributed by atoms with Crippen molar-refractivity contribution >= 4 is 17.3 Å². The molecule has 1 amide bonds. The van der Waals surface area contributed by atoms with Crippen LogP contribution in [0, 0.1) is 0 Å². The van der Waals surface area contributed by atoms with Crippen molar-refractivity contribution in [3.8, 4) is 0 Å². The Hall–Kier alpha value is -1.55. The lowest BCUT2D eigenvalue weighted by Crippen LogP contribution is -2.29. The average molecular weight is 260 g/mol. The zero-order chi connectivity index (χ0) is 13.2. The first-order valence-corrected chi connectivity index (χ1v) is 7.07. The molecule has 102 valence electrons. The summed E-state index contributed by atoms with van der Waals surface area (Å²) in [6, 6.07) is 8.14. The number of aliphatic hydroxyl groups excluding tert-OH is 1. The van der Waals surface area contributed by atoms with Crippen molar-refractivity contribution in [2.24, 2.45) is 0 Å². The molecule has 1 aromatic rings. The summed E-state index contributed by atoms with van der Waals surface area (Å²) in [4.78, 5) is 15.8. The number of anilines is 2. The van der Waals surface area contributed by atoms with Gasteiger partial charge in [-0.2, -0.15) is 0 Å². The van der Waals surface area contributed by atoms with Crippen LogP contribution in [-0.4, -0.2) is 36.8 Å². The Balaban J connectivity index is 1.73. The highest BCUT2D eigenvalue weighted by molar-refractivity contribution is 5.96. The summed E-state index contributed by atoms with van der Waals surface area (Å²) in [5, 5.41) is 9.52. The van der Waals surface area contributed by atoms with E-state index in [0.29, 0.717) is 6.54 Å². The Labute approximate surface area is 113 Å². The van der Waals surface area contributed by atoms with Gasteiger partial charge in [0.1, 0.15) is 0 Å². The number of amides is 1. The van der Waals surface area contributed by atoms with Crippen LogP contribution in [0.25, 0.3) is 0 Å². The summed E-state index contributed by atoms with van der Waals surface area (Å²) in [5.74, 6) is 0.0122. The maximum atomic E-state index is 11.7. The van der Waals surface area contributed by atoms with E-state index in [-0.39, 0.29) is 12.3 Å². The lowest BCUT2D eigenvalue weighted by atomic mass is 10.1. The number of benzene rings is 1. The van der Waals surface area contributed by atoms with Gasteiger partial charge in [-0.25, -0.2) is 0 Å². The smallest absolute Gasteiger partial charge is 0.229 e. The Morgan fingerprint density at radius 3 is 2.21 bits per heavy atom. The first-order chi connectivity index (χ1) is 9.24. The van der Waals surface area contributed by atoms with E-state index in [2.05, 4.69) is 17.0 Å². The number of rotatable bonds is 2. The molecule has 2 saturated heterocycles. The molecular weight excluding hydrogens is 240 g/mol. The Kier molecular flexibility index (Phi) is 3.42. The van der Waals surface area contributed by atoms with Crippen molar-refractivity contribution < 1.29 is 9.90 Å². The van der Waals surface area contributed by atoms with Gasteiger partial charge in [0.25, 0.3) is 0 Å². The quantitative estimate of drug-likeness (QED) is 0.881. The molecule has 0 radical (unpaired) electrons. The van der Waals surface area contributed by atoms with Crippen LogP contribution < -0.4 is 9.80 Å². The number of aliphatic hydroxyl groups is 1. The van der Waals surface area contributed by atoms with Crippen LogP contribution in [0.15, 0.2) is 24.3 Å². The maximum Gasteiger partial charge on any atom is 0.229 e. The number of hydrogen-bond donors (Lipinski definition) is 1. The average Bonchev–Trinajstić information content (AvgIpc) is 2.79. The zero-order valence-electron chi connectivity index (χ0n) is 11.1. The summed E-state index contributed by atoms with van der Waals surface area (Å²) < 4.78 is 0. The summed E-state index contributed by atoms with van der Waals surface area (Å²) in [6.07, 6.45) is 3.58. The van der Waals surface area contributed by atoms with Gasteiger partial charge in [0, 0.05) is 24.5 Å². The monoisotopic (exact) mass is 260 g/mol. The van der Waals surface area contributed by atoms with Gasteiger partial charge in [0.05, 0.1) is 19.1 Å². The van der Waals surface area contributed by atoms with E-state index in [0.717, 1.165) is 18.8 Å². The number of carbonyl (C=O) groups is 1. The molecule has 2 aliphatic heterocycles. The highest BCUT2D eigenvalue weighted by atomic mass is 16.3. The molecule has 1 unspecified atom stereocenters. The molecule has 0 bridgehead atoms. The Morgan fingerprint density at radius 1 is 1.00 bits per heavy atom. The Bertz CT molecular complexity index is 452. The van der Waals surface area contributed by atoms with Crippen LogP contribution in [0.5, 0.6) is 0 Å². The van der Waals surface area contributed by atoms with E-state index in [1.54, 1.807) is 4.90 Å². The molecule has 1 N–H and O–H groups in total. The zero-order valence-corrected chi connectivity index (χ0v) is 11.1. The van der Waals surface area contributed by atoms with Crippen molar-refractivity contribution in [1.82, 2.24) is 0 Å². The second-order valence-corrected chi connectivity index (χ2v) is 5.43. The first-order valence-electron chi connectivity index (χ1n) is 7.07. The number of piperidine rings is 1. The first kappa shape index (κ1) is 12.5. The normalized spacial score (nSPS) is 24.1. The van der Waals surface area contributed by atoms with Gasteiger partial charge in [-0.3, -0.25) is 4.79 Å². The molecule has 0 aliphatic carbocycles. The largest absolute Gasteiger partial charge is 0.391 e. The molecule has 2 aliphatic rings. The highest BCUT2D eigenvalue weighted by Crippen LogP contribution is 2.26. The van der Waals surface area contributed by atoms with Gasteiger partial charge < -0.3 is 14.9 Å². The predicted octanol–water partition coefficient (Wildman–Crippen LogP) is 1.77. The van der Waals surface area contributed by atoms with Crippen LogP contribution in [-0.2, 0) is 4.79 Å². The molecule has 0 aromatic heterocycles. The van der Waals surface area contributed by atoms with Crippen LogP contribution >= 0.6 is 0 Å². The fourth-order valence-corrected chi connectivity index (χ4v) is 2.93. The number of nitrogens with zero attached hydrogens (tertiary/aromatic N) is 2. The number of β-amino-alcohol motifs (C(OH)–C–C–N with tert-alkyl or cyclic N) is 1. The molecule has 1 atom stereocenters. The molecule has 19 heavy (non-hydrogen) atoms. The fraction of sp³-hybridized carbons (Fsp3) is 0.533. The lowest BCUT2D eigenvalue weighted by molar-refractivity contribution is -0.117. The van der Waals surface area contributed by atoms with Crippen molar-refractivity contribution in [3.05, 3.63) is 24.3 Å². The number of hydrogen-bond acceptors (Lipinski definition) is 3. The van der Waals surface area contributed by atoms with E-state index >= 15 is 0 Å². The van der Waals surface area contributed by atoms with E-state index in [9.17, 15) is 9.90 Å². The second kappa shape index (κ2) is 5.21. The van der Waals surface area contributed by atoms with Gasteiger partial charge in [-0.1, -0.05) is 0 Å². The van der Waals surface area contributed by atoms with Crippen LogP contribution in [0.2, 0.25) is 0 Å². The summed E-state index contributed by atoms with van der Waals surface area (Å²) in [7, 11) is 0. The predicted molar refractivity (Wildman–Crippen MR) is 75.5 cm³/mol. The van der Waals surface area contributed by atoms with Crippen LogP contribution in [0.1, 0.15) is 25.7 Å². The van der Waals surface area contributed by atoms with Crippen molar-refractivity contribution in [1.29, 1.82) is 0 Å². The minimum atomic E-state index is -0.519. The fourth-order valence-electron chi connectivity index (χ4n) is 2.93. The van der Waals surface area contributed by atoms with E-state index in [4.69, 9.17) is 0 Å². The van der Waals surface area contributed by atoms with Gasteiger partial charge in [-0.15, -0.1) is 0 Å². The maximum absolute atomic E-state index is 11.7. The van der Waals surface area contributed by atoms with Crippen LogP contribution in [0.4, 0.5) is 11.4 Å². The summed E-state index contributed by atoms with van der Waals surface area (Å²) >= 11 is 0. The van der Waals surface area contributed by atoms with Crippen molar-refractivity contribution in [3.63, 3.8) is 0 Å². The van der Waals surface area contributed by atoms with Gasteiger partial charge in [-0.05, 0) is 43.5 Å². The SMILES string of the molecule is O=C1CC(O)CN1c1ccc(N2CCCCC2)cc1. The third kappa shape index (κ3) is 2.59. The van der Waals surface area contributed by atoms with Gasteiger partial charge >= 0.3 is 0 Å². The number of carbonyl (C=O) groups excluding carboxylic acids is 1. The molecule has 0 spiro atoms. The minimum absolute atomic E-state index is 0.0122. The molecule has 2 fully saturated rings. The van der Waals surface area contributed by atoms with E-state index in [1.807, 2.05) is 12.1 Å². The van der Waals surface area contributed by atoms with E-state index < -0.39 is 6.10 Å². The molecule has 1 aromatic carbocycles. The highest BCUT2D eigenvalue weighted by Gasteiger charge is 2.28. The Morgan fingerprint density at radius 2 is 1.63 bits per heavy atom. The molecule has 2 heterocycles. The van der Waals surface area contributed by atoms with Crippen molar-refractivity contribution in [2.45, 2.75) is 31.8 Å². The van der Waals surface area contributed by atoms with Gasteiger partial charge in [0.15, 0.2) is 0 Å². The molecular formula is C15H20N2O2. The second-order valence-electron chi connectivity index (χ2n) is 5.43.